The van der Waals surface area contributed by atoms with Crippen molar-refractivity contribution in [2.45, 2.75) is 31.8 Å². The van der Waals surface area contributed by atoms with Crippen LogP contribution in [0, 0.1) is 12.3 Å². The van der Waals surface area contributed by atoms with Gasteiger partial charge in [0.05, 0.1) is 12.1 Å². The summed E-state index contributed by atoms with van der Waals surface area (Å²) in [6.07, 6.45) is 3.94. The highest BCUT2D eigenvalue weighted by molar-refractivity contribution is 9.10. The number of ketones is 3. The van der Waals surface area contributed by atoms with Gasteiger partial charge in [-0.1, -0.05) is 76.6 Å². The van der Waals surface area contributed by atoms with E-state index in [1.807, 2.05) is 60.4 Å². The smallest absolute Gasteiger partial charge is 0.180 e. The molecule has 3 aliphatic rings. The van der Waals surface area contributed by atoms with Crippen molar-refractivity contribution in [2.24, 2.45) is 5.41 Å². The van der Waals surface area contributed by atoms with Gasteiger partial charge in [0.1, 0.15) is 5.41 Å². The molecule has 0 amide bonds. The lowest BCUT2D eigenvalue weighted by atomic mass is 9.64. The summed E-state index contributed by atoms with van der Waals surface area (Å²) >= 11 is 3.49. The Kier molecular flexibility index (Phi) is 4.59. The molecule has 1 saturated heterocycles. The van der Waals surface area contributed by atoms with Crippen LogP contribution in [-0.2, 0) is 4.79 Å². The van der Waals surface area contributed by atoms with Crippen molar-refractivity contribution in [2.75, 3.05) is 4.90 Å². The van der Waals surface area contributed by atoms with Crippen molar-refractivity contribution in [3.63, 3.8) is 0 Å². The zero-order valence-electron chi connectivity index (χ0n) is 18.8. The van der Waals surface area contributed by atoms with Crippen LogP contribution < -0.4 is 4.90 Å². The van der Waals surface area contributed by atoms with Crippen LogP contribution in [0.4, 0.5) is 5.69 Å². The zero-order valence-corrected chi connectivity index (χ0v) is 20.4. The van der Waals surface area contributed by atoms with E-state index in [4.69, 9.17) is 0 Å². The SMILES string of the molecule is CC(=O)[C@H]1[C@H](c2ccc(Br)cc2)C2(C(=O)c3ccccc3C2=O)C2C=Cc3ccc(C)cc3N21. The highest BCUT2D eigenvalue weighted by Gasteiger charge is 2.71. The summed E-state index contributed by atoms with van der Waals surface area (Å²) in [5, 5.41) is 0. The maximum atomic E-state index is 14.3. The number of hydrogen-bond donors (Lipinski definition) is 0. The molecule has 34 heavy (non-hydrogen) atoms. The molecule has 3 aromatic rings. The van der Waals surface area contributed by atoms with Gasteiger partial charge >= 0.3 is 0 Å². The van der Waals surface area contributed by atoms with Gasteiger partial charge in [-0.05, 0) is 48.7 Å². The lowest BCUT2D eigenvalue weighted by Crippen LogP contribution is -2.48. The molecular weight excluding hydrogens is 490 g/mol. The van der Waals surface area contributed by atoms with Crippen molar-refractivity contribution in [3.8, 4) is 0 Å². The number of carbonyl (C=O) groups excluding carboxylic acids is 3. The van der Waals surface area contributed by atoms with E-state index in [0.29, 0.717) is 11.1 Å². The first-order valence-electron chi connectivity index (χ1n) is 11.4. The van der Waals surface area contributed by atoms with Gasteiger partial charge in [0.25, 0.3) is 0 Å². The number of anilines is 1. The molecule has 168 valence electrons. The summed E-state index contributed by atoms with van der Waals surface area (Å²) in [5.74, 6) is -1.07. The molecule has 0 N–H and O–H groups in total. The van der Waals surface area contributed by atoms with E-state index in [0.717, 1.165) is 26.9 Å². The molecule has 3 aromatic carbocycles. The molecule has 0 saturated carbocycles. The Morgan fingerprint density at radius 1 is 0.941 bits per heavy atom. The Labute approximate surface area is 206 Å². The van der Waals surface area contributed by atoms with E-state index in [9.17, 15) is 14.4 Å². The van der Waals surface area contributed by atoms with Crippen LogP contribution in [0.5, 0.6) is 0 Å². The lowest BCUT2D eigenvalue weighted by Gasteiger charge is -2.37. The van der Waals surface area contributed by atoms with Gasteiger partial charge in [0.2, 0.25) is 0 Å². The van der Waals surface area contributed by atoms with Gasteiger partial charge in [0.15, 0.2) is 17.3 Å². The van der Waals surface area contributed by atoms with E-state index in [1.54, 1.807) is 31.2 Å². The number of Topliss-reactive ketones (excluding diaryl/α,β-unsaturated/α-hetero) is 3. The molecule has 1 unspecified atom stereocenters. The first-order valence-corrected chi connectivity index (χ1v) is 12.2. The van der Waals surface area contributed by atoms with E-state index >= 15 is 0 Å². The zero-order chi connectivity index (χ0) is 23.8. The fourth-order valence-electron chi connectivity index (χ4n) is 6.27. The van der Waals surface area contributed by atoms with Gasteiger partial charge in [0, 0.05) is 27.2 Å². The normalized spacial score (nSPS) is 23.7. The maximum absolute atomic E-state index is 14.3. The summed E-state index contributed by atoms with van der Waals surface area (Å²) < 4.78 is 0.897. The minimum Gasteiger partial charge on any atom is -0.352 e. The number of nitrogens with zero attached hydrogens (tertiary/aromatic N) is 1. The van der Waals surface area contributed by atoms with Crippen molar-refractivity contribution >= 4 is 45.0 Å². The standard InChI is InChI=1S/C29H22BrNO3/c1-16-7-8-18-11-14-24-29(27(33)21-5-3-4-6-22(21)28(29)34)25(19-9-12-20(30)13-10-19)26(17(2)32)31(24)23(18)15-16/h3-15,24-26H,1-2H3/t24?,25-,26-/m0/s1. The Morgan fingerprint density at radius 2 is 1.59 bits per heavy atom. The Morgan fingerprint density at radius 3 is 2.21 bits per heavy atom. The summed E-state index contributed by atoms with van der Waals surface area (Å²) in [7, 11) is 0. The highest BCUT2D eigenvalue weighted by atomic mass is 79.9. The first kappa shape index (κ1) is 21.2. The fraction of sp³-hybridized carbons (Fsp3) is 0.207. The van der Waals surface area contributed by atoms with Crippen molar-refractivity contribution in [1.29, 1.82) is 0 Å². The van der Waals surface area contributed by atoms with Crippen LogP contribution in [-0.4, -0.2) is 29.4 Å². The molecule has 0 radical (unpaired) electrons. The maximum Gasteiger partial charge on any atom is 0.180 e. The molecule has 2 heterocycles. The van der Waals surface area contributed by atoms with Crippen LogP contribution in [0.15, 0.2) is 77.3 Å². The quantitative estimate of drug-likeness (QED) is 0.409. The second-order valence-corrected chi connectivity index (χ2v) is 10.3. The van der Waals surface area contributed by atoms with E-state index in [-0.39, 0.29) is 17.3 Å². The minimum atomic E-state index is -1.41. The second-order valence-electron chi connectivity index (χ2n) is 9.43. The molecular formula is C29H22BrNO3. The van der Waals surface area contributed by atoms with Gasteiger partial charge in [-0.3, -0.25) is 14.4 Å². The molecule has 3 atom stereocenters. The monoisotopic (exact) mass is 511 g/mol. The second kappa shape index (κ2) is 7.34. The van der Waals surface area contributed by atoms with Gasteiger partial charge in [-0.2, -0.15) is 0 Å². The number of halogens is 1. The van der Waals surface area contributed by atoms with Gasteiger partial charge in [-0.25, -0.2) is 0 Å². The molecule has 1 spiro atoms. The number of rotatable bonds is 2. The van der Waals surface area contributed by atoms with Crippen LogP contribution in [0.1, 0.15) is 50.2 Å². The van der Waals surface area contributed by atoms with Crippen LogP contribution >= 0.6 is 15.9 Å². The molecule has 5 heteroatoms. The average Bonchev–Trinajstić information content (AvgIpc) is 3.27. The molecule has 2 aliphatic heterocycles. The number of fused-ring (bicyclic) bond motifs is 5. The summed E-state index contributed by atoms with van der Waals surface area (Å²) in [6, 6.07) is 19.6. The van der Waals surface area contributed by atoms with Crippen LogP contribution in [0.2, 0.25) is 0 Å². The van der Waals surface area contributed by atoms with Gasteiger partial charge < -0.3 is 4.90 Å². The third-order valence-corrected chi connectivity index (χ3v) is 8.14. The molecule has 1 aliphatic carbocycles. The predicted octanol–water partition coefficient (Wildman–Crippen LogP) is 5.78. The summed E-state index contributed by atoms with van der Waals surface area (Å²) in [6.45, 7) is 3.58. The Hall–Kier alpha value is -3.31. The van der Waals surface area contributed by atoms with Crippen LogP contribution in [0.25, 0.3) is 6.08 Å². The fourth-order valence-corrected chi connectivity index (χ4v) is 6.53. The minimum absolute atomic E-state index is 0.0610. The van der Waals surface area contributed by atoms with E-state index < -0.39 is 23.4 Å². The number of hydrogen-bond acceptors (Lipinski definition) is 4. The molecule has 6 rings (SSSR count). The first-order chi connectivity index (χ1) is 16.4. The Balaban J connectivity index is 1.69. The molecule has 1 fully saturated rings. The van der Waals surface area contributed by atoms with E-state index in [1.165, 1.54) is 0 Å². The molecule has 4 nitrogen and oxygen atoms in total. The van der Waals surface area contributed by atoms with Crippen molar-refractivity contribution in [3.05, 3.63) is 105 Å². The number of benzene rings is 3. The Bertz CT molecular complexity index is 1390. The average molecular weight is 512 g/mol. The number of carbonyl (C=O) groups is 3. The third kappa shape index (κ3) is 2.62. The molecule has 0 aromatic heterocycles. The van der Waals surface area contributed by atoms with Gasteiger partial charge in [-0.15, -0.1) is 0 Å². The predicted molar refractivity (Wildman–Crippen MR) is 135 cm³/mol. The summed E-state index contributed by atoms with van der Waals surface area (Å²) in [4.78, 5) is 44.0. The van der Waals surface area contributed by atoms with Crippen molar-refractivity contribution in [1.82, 2.24) is 0 Å². The third-order valence-electron chi connectivity index (χ3n) is 7.61. The largest absolute Gasteiger partial charge is 0.352 e. The molecule has 0 bridgehead atoms. The lowest BCUT2D eigenvalue weighted by molar-refractivity contribution is -0.118. The highest BCUT2D eigenvalue weighted by Crippen LogP contribution is 2.60. The number of aryl methyl sites for hydroxylation is 1. The van der Waals surface area contributed by atoms with E-state index in [2.05, 4.69) is 22.0 Å². The van der Waals surface area contributed by atoms with Crippen molar-refractivity contribution < 1.29 is 14.4 Å². The topological polar surface area (TPSA) is 54.5 Å². The summed E-state index contributed by atoms with van der Waals surface area (Å²) in [5.41, 5.74) is 3.23. The van der Waals surface area contributed by atoms with Crippen LogP contribution in [0.3, 0.4) is 0 Å².